The molecular weight excluding hydrogens is 254 g/mol. The quantitative estimate of drug-likeness (QED) is 0.529. The van der Waals surface area contributed by atoms with Crippen molar-refractivity contribution in [1.82, 2.24) is 15.0 Å². The molecule has 0 amide bonds. The first-order valence-electron chi connectivity index (χ1n) is 6.17. The minimum absolute atomic E-state index is 0.0959. The van der Waals surface area contributed by atoms with Gasteiger partial charge in [-0.25, -0.2) is 0 Å². The second-order valence-corrected chi connectivity index (χ2v) is 4.44. The summed E-state index contributed by atoms with van der Waals surface area (Å²) >= 11 is 0. The van der Waals surface area contributed by atoms with E-state index in [-0.39, 0.29) is 5.43 Å². The van der Waals surface area contributed by atoms with Crippen molar-refractivity contribution in [2.45, 2.75) is 0 Å². The van der Waals surface area contributed by atoms with E-state index in [9.17, 15) is 4.79 Å². The summed E-state index contributed by atoms with van der Waals surface area (Å²) in [5.74, 6) is 0.363. The maximum atomic E-state index is 12.1. The molecule has 5 heteroatoms. The molecule has 0 fully saturated rings. The first kappa shape index (κ1) is 10.9. The molecule has 0 aliphatic heterocycles. The van der Waals surface area contributed by atoms with E-state index in [4.69, 9.17) is 4.42 Å². The van der Waals surface area contributed by atoms with Crippen molar-refractivity contribution in [1.29, 1.82) is 0 Å². The molecule has 0 saturated heterocycles. The van der Waals surface area contributed by atoms with Gasteiger partial charge in [0, 0.05) is 6.07 Å². The Balaban J connectivity index is 2.05. The average molecular weight is 263 g/mol. The molecule has 0 aliphatic carbocycles. The molecule has 4 aromatic rings. The van der Waals surface area contributed by atoms with Gasteiger partial charge in [-0.1, -0.05) is 29.5 Å². The van der Waals surface area contributed by atoms with E-state index in [1.54, 1.807) is 12.1 Å². The number of rotatable bonds is 1. The highest BCUT2D eigenvalue weighted by Crippen LogP contribution is 2.18. The van der Waals surface area contributed by atoms with Crippen LogP contribution in [0.15, 0.2) is 63.8 Å². The van der Waals surface area contributed by atoms with Crippen LogP contribution in [0.25, 0.3) is 27.9 Å². The van der Waals surface area contributed by atoms with E-state index in [0.717, 1.165) is 11.0 Å². The Morgan fingerprint density at radius 1 is 1.00 bits per heavy atom. The van der Waals surface area contributed by atoms with E-state index >= 15 is 0 Å². The third-order valence-corrected chi connectivity index (χ3v) is 3.18. The van der Waals surface area contributed by atoms with E-state index in [2.05, 4.69) is 10.3 Å². The summed E-state index contributed by atoms with van der Waals surface area (Å²) in [5, 5.41) is 8.66. The monoisotopic (exact) mass is 263 g/mol. The highest BCUT2D eigenvalue weighted by molar-refractivity contribution is 5.78. The Morgan fingerprint density at radius 2 is 1.80 bits per heavy atom. The van der Waals surface area contributed by atoms with Gasteiger partial charge in [-0.05, 0) is 24.3 Å². The zero-order valence-corrected chi connectivity index (χ0v) is 10.4. The van der Waals surface area contributed by atoms with Crippen LogP contribution in [0.1, 0.15) is 0 Å². The largest absolute Gasteiger partial charge is 0.438 e. The molecule has 2 aromatic heterocycles. The highest BCUT2D eigenvalue weighted by atomic mass is 16.4. The van der Waals surface area contributed by atoms with Crippen LogP contribution in [0.4, 0.5) is 0 Å². The summed E-state index contributed by atoms with van der Waals surface area (Å²) in [7, 11) is 0. The maximum absolute atomic E-state index is 12.1. The number of hydrogen-bond donors (Lipinski definition) is 0. The Kier molecular flexibility index (Phi) is 2.20. The first-order valence-corrected chi connectivity index (χ1v) is 6.17. The number of para-hydroxylation sites is 2. The Hall–Kier alpha value is -2.95. The highest BCUT2D eigenvalue weighted by Gasteiger charge is 2.10. The molecule has 4 rings (SSSR count). The molecule has 0 saturated carbocycles. The molecule has 2 aromatic carbocycles. The molecule has 0 atom stereocenters. The molecule has 20 heavy (non-hydrogen) atoms. The molecule has 2 heterocycles. The predicted molar refractivity (Wildman–Crippen MR) is 74.9 cm³/mol. The summed E-state index contributed by atoms with van der Waals surface area (Å²) in [6.45, 7) is 0. The second-order valence-electron chi connectivity index (χ2n) is 4.44. The number of hydrogen-bond acceptors (Lipinski definition) is 4. The lowest BCUT2D eigenvalue weighted by Crippen LogP contribution is -2.05. The zero-order valence-electron chi connectivity index (χ0n) is 10.4. The number of fused-ring (bicyclic) bond motifs is 2. The van der Waals surface area contributed by atoms with E-state index in [1.807, 2.05) is 36.4 Å². The van der Waals surface area contributed by atoms with Crippen LogP contribution in [0.5, 0.6) is 0 Å². The third-order valence-electron chi connectivity index (χ3n) is 3.18. The fourth-order valence-corrected chi connectivity index (χ4v) is 2.23. The van der Waals surface area contributed by atoms with Crippen LogP contribution in [-0.2, 0) is 0 Å². The van der Waals surface area contributed by atoms with Gasteiger partial charge in [-0.2, -0.15) is 4.68 Å². The topological polar surface area (TPSA) is 60.9 Å². The number of nitrogens with zero attached hydrogens (tertiary/aromatic N) is 3. The standard InChI is InChI=1S/C15H9N3O2/c19-13-9-15(20-14-8-4-1-5-10(13)14)18-12-7-3-2-6-11(12)16-17-18/h1-9H. The zero-order chi connectivity index (χ0) is 13.5. The minimum Gasteiger partial charge on any atom is -0.438 e. The predicted octanol–water partition coefficient (Wildman–Crippen LogP) is 2.53. The summed E-state index contributed by atoms with van der Waals surface area (Å²) < 4.78 is 7.29. The van der Waals surface area contributed by atoms with E-state index in [1.165, 1.54) is 10.7 Å². The molecule has 5 nitrogen and oxygen atoms in total. The van der Waals surface area contributed by atoms with Gasteiger partial charge < -0.3 is 4.42 Å². The van der Waals surface area contributed by atoms with E-state index < -0.39 is 0 Å². The molecule has 0 radical (unpaired) electrons. The molecular formula is C15H9N3O2. The lowest BCUT2D eigenvalue weighted by atomic mass is 10.2. The minimum atomic E-state index is -0.0959. The van der Waals surface area contributed by atoms with Crippen LogP contribution in [0.2, 0.25) is 0 Å². The summed E-state index contributed by atoms with van der Waals surface area (Å²) in [4.78, 5) is 12.1. The van der Waals surface area contributed by atoms with Crippen molar-refractivity contribution in [2.24, 2.45) is 0 Å². The van der Waals surface area contributed by atoms with Gasteiger partial charge in [-0.3, -0.25) is 4.79 Å². The van der Waals surface area contributed by atoms with Gasteiger partial charge in [0.15, 0.2) is 5.43 Å². The van der Waals surface area contributed by atoms with E-state index in [0.29, 0.717) is 16.9 Å². The number of benzene rings is 2. The molecule has 0 spiro atoms. The second kappa shape index (κ2) is 4.03. The maximum Gasteiger partial charge on any atom is 0.226 e. The summed E-state index contributed by atoms with van der Waals surface area (Å²) in [6.07, 6.45) is 0. The van der Waals surface area contributed by atoms with Crippen LogP contribution in [0, 0.1) is 0 Å². The van der Waals surface area contributed by atoms with Crippen LogP contribution < -0.4 is 5.43 Å². The molecule has 0 unspecified atom stereocenters. The van der Waals surface area contributed by atoms with Crippen molar-refractivity contribution in [2.75, 3.05) is 0 Å². The number of aromatic nitrogens is 3. The fourth-order valence-electron chi connectivity index (χ4n) is 2.23. The van der Waals surface area contributed by atoms with Crippen LogP contribution in [-0.4, -0.2) is 15.0 Å². The van der Waals surface area contributed by atoms with Gasteiger partial charge in [0.05, 0.1) is 10.9 Å². The fraction of sp³-hybridized carbons (Fsp3) is 0. The molecule has 0 N–H and O–H groups in total. The lowest BCUT2D eigenvalue weighted by Gasteiger charge is -2.02. The smallest absolute Gasteiger partial charge is 0.226 e. The van der Waals surface area contributed by atoms with Crippen molar-refractivity contribution in [3.63, 3.8) is 0 Å². The summed E-state index contributed by atoms with van der Waals surface area (Å²) in [5.41, 5.74) is 1.99. The van der Waals surface area contributed by atoms with Gasteiger partial charge in [0.25, 0.3) is 0 Å². The van der Waals surface area contributed by atoms with Crippen molar-refractivity contribution in [3.05, 3.63) is 64.8 Å². The van der Waals surface area contributed by atoms with Crippen molar-refractivity contribution in [3.8, 4) is 5.88 Å². The molecule has 0 aliphatic rings. The first-order chi connectivity index (χ1) is 9.83. The van der Waals surface area contributed by atoms with Crippen molar-refractivity contribution >= 4 is 22.0 Å². The average Bonchev–Trinajstić information content (AvgIpc) is 2.91. The summed E-state index contributed by atoms with van der Waals surface area (Å²) in [6, 6.07) is 16.1. The van der Waals surface area contributed by atoms with Crippen LogP contribution in [0.3, 0.4) is 0 Å². The van der Waals surface area contributed by atoms with Gasteiger partial charge in [0.1, 0.15) is 11.1 Å². The Labute approximate surface area is 113 Å². The van der Waals surface area contributed by atoms with Crippen LogP contribution >= 0.6 is 0 Å². The third kappa shape index (κ3) is 1.53. The van der Waals surface area contributed by atoms with Crippen molar-refractivity contribution < 1.29 is 4.42 Å². The molecule has 96 valence electrons. The SMILES string of the molecule is O=c1cc(-n2nnc3ccccc32)oc2ccccc12. The van der Waals surface area contributed by atoms with Gasteiger partial charge in [0.2, 0.25) is 5.88 Å². The van der Waals surface area contributed by atoms with Gasteiger partial charge in [-0.15, -0.1) is 5.10 Å². The lowest BCUT2D eigenvalue weighted by molar-refractivity contribution is 0.546. The Bertz CT molecular complexity index is 985. The van der Waals surface area contributed by atoms with Gasteiger partial charge >= 0.3 is 0 Å². The molecule has 0 bridgehead atoms. The Morgan fingerprint density at radius 3 is 2.75 bits per heavy atom. The normalized spacial score (nSPS) is 11.2.